The monoisotopic (exact) mass is 274 g/mol. The highest BCUT2D eigenvalue weighted by atomic mass is 79.9. The maximum Gasteiger partial charge on any atom is 0.270 e. The number of primary amides is 1. The molecular formula is C8H7BrN2O4. The lowest BCUT2D eigenvalue weighted by atomic mass is 10.3. The van der Waals surface area contributed by atoms with Crippen LogP contribution in [0.25, 0.3) is 0 Å². The Labute approximate surface area is 93.3 Å². The van der Waals surface area contributed by atoms with Gasteiger partial charge in [-0.1, -0.05) is 0 Å². The molecule has 0 unspecified atom stereocenters. The molecule has 0 aromatic heterocycles. The van der Waals surface area contributed by atoms with Crippen molar-refractivity contribution in [2.75, 3.05) is 6.61 Å². The van der Waals surface area contributed by atoms with Crippen molar-refractivity contribution in [3.8, 4) is 5.75 Å². The molecule has 1 aromatic carbocycles. The van der Waals surface area contributed by atoms with E-state index in [0.717, 1.165) is 0 Å². The van der Waals surface area contributed by atoms with Gasteiger partial charge in [-0.05, 0) is 22.0 Å². The Morgan fingerprint density at radius 1 is 1.60 bits per heavy atom. The first-order valence-electron chi connectivity index (χ1n) is 3.85. The number of rotatable bonds is 4. The van der Waals surface area contributed by atoms with Crippen molar-refractivity contribution in [2.24, 2.45) is 5.73 Å². The van der Waals surface area contributed by atoms with Crippen LogP contribution in [0.5, 0.6) is 5.75 Å². The minimum Gasteiger partial charge on any atom is -0.483 e. The molecule has 0 atom stereocenters. The van der Waals surface area contributed by atoms with Crippen molar-refractivity contribution in [3.63, 3.8) is 0 Å². The number of amides is 1. The number of non-ortho nitro benzene ring substituents is 1. The summed E-state index contributed by atoms with van der Waals surface area (Å²) < 4.78 is 5.39. The van der Waals surface area contributed by atoms with Crippen LogP contribution in [0.2, 0.25) is 0 Å². The van der Waals surface area contributed by atoms with Crippen LogP contribution in [0.4, 0.5) is 5.69 Å². The molecule has 0 saturated carbocycles. The molecule has 0 heterocycles. The molecule has 0 fully saturated rings. The molecule has 6 nitrogen and oxygen atoms in total. The van der Waals surface area contributed by atoms with Crippen LogP contribution < -0.4 is 10.5 Å². The van der Waals surface area contributed by atoms with Gasteiger partial charge in [-0.3, -0.25) is 14.9 Å². The van der Waals surface area contributed by atoms with E-state index in [4.69, 9.17) is 10.5 Å². The summed E-state index contributed by atoms with van der Waals surface area (Å²) in [6.45, 7) is -0.267. The number of nitro benzene ring substituents is 1. The van der Waals surface area contributed by atoms with Crippen LogP contribution in [-0.2, 0) is 4.79 Å². The van der Waals surface area contributed by atoms with E-state index >= 15 is 0 Å². The molecule has 15 heavy (non-hydrogen) atoms. The summed E-state index contributed by atoms with van der Waals surface area (Å²) in [4.78, 5) is 20.3. The number of nitro groups is 1. The van der Waals surface area contributed by atoms with Gasteiger partial charge in [0, 0.05) is 12.1 Å². The van der Waals surface area contributed by atoms with Crippen LogP contribution in [0.3, 0.4) is 0 Å². The predicted octanol–water partition coefficient (Wildman–Crippen LogP) is 1.22. The Hall–Kier alpha value is -1.63. The Kier molecular flexibility index (Phi) is 3.62. The first kappa shape index (κ1) is 11.4. The second-order valence-electron chi connectivity index (χ2n) is 2.63. The molecule has 0 aliphatic rings. The zero-order chi connectivity index (χ0) is 11.4. The summed E-state index contributed by atoms with van der Waals surface area (Å²) in [7, 11) is 0. The lowest BCUT2D eigenvalue weighted by Gasteiger charge is -2.05. The van der Waals surface area contributed by atoms with E-state index in [2.05, 4.69) is 15.9 Å². The van der Waals surface area contributed by atoms with Gasteiger partial charge in [-0.2, -0.15) is 0 Å². The molecule has 1 aromatic rings. The van der Waals surface area contributed by atoms with E-state index in [9.17, 15) is 14.9 Å². The van der Waals surface area contributed by atoms with Crippen molar-refractivity contribution in [1.82, 2.24) is 0 Å². The highest BCUT2D eigenvalue weighted by Gasteiger charge is 2.10. The van der Waals surface area contributed by atoms with Gasteiger partial charge in [0.1, 0.15) is 5.75 Å². The van der Waals surface area contributed by atoms with Crippen molar-refractivity contribution in [1.29, 1.82) is 0 Å². The molecule has 0 saturated heterocycles. The minimum absolute atomic E-state index is 0.0618. The highest BCUT2D eigenvalue weighted by molar-refractivity contribution is 9.10. The number of halogens is 1. The van der Waals surface area contributed by atoms with Crippen LogP contribution in [0.1, 0.15) is 0 Å². The van der Waals surface area contributed by atoms with Crippen LogP contribution in [0, 0.1) is 10.1 Å². The molecule has 0 aliphatic heterocycles. The SMILES string of the molecule is NC(=O)COc1ccc([N+](=O)[O-])cc1Br. The van der Waals surface area contributed by atoms with E-state index in [-0.39, 0.29) is 12.3 Å². The molecule has 1 rings (SSSR count). The molecule has 80 valence electrons. The molecule has 0 bridgehead atoms. The Morgan fingerprint density at radius 2 is 2.27 bits per heavy atom. The molecule has 0 spiro atoms. The number of hydrogen-bond donors (Lipinski definition) is 1. The topological polar surface area (TPSA) is 95.5 Å². The number of nitrogens with zero attached hydrogens (tertiary/aromatic N) is 1. The van der Waals surface area contributed by atoms with Gasteiger partial charge in [0.25, 0.3) is 11.6 Å². The minimum atomic E-state index is -0.611. The van der Waals surface area contributed by atoms with Gasteiger partial charge >= 0.3 is 0 Å². The lowest BCUT2D eigenvalue weighted by molar-refractivity contribution is -0.384. The second-order valence-corrected chi connectivity index (χ2v) is 3.48. The number of ether oxygens (including phenoxy) is 1. The zero-order valence-electron chi connectivity index (χ0n) is 7.47. The average molecular weight is 275 g/mol. The molecular weight excluding hydrogens is 268 g/mol. The molecule has 7 heteroatoms. The fourth-order valence-electron chi connectivity index (χ4n) is 0.869. The van der Waals surface area contributed by atoms with Crippen molar-refractivity contribution >= 4 is 27.5 Å². The van der Waals surface area contributed by atoms with Crippen LogP contribution >= 0.6 is 15.9 Å². The summed E-state index contributed by atoms with van der Waals surface area (Å²) in [5, 5.41) is 10.4. The molecule has 1 amide bonds. The van der Waals surface area contributed by atoms with E-state index < -0.39 is 10.8 Å². The fourth-order valence-corrected chi connectivity index (χ4v) is 1.35. The summed E-state index contributed by atoms with van der Waals surface area (Å²) in [6.07, 6.45) is 0. The third kappa shape index (κ3) is 3.21. The number of nitrogens with two attached hydrogens (primary N) is 1. The second kappa shape index (κ2) is 4.74. The number of hydrogen-bond acceptors (Lipinski definition) is 4. The first-order chi connectivity index (χ1) is 7.00. The van der Waals surface area contributed by atoms with Gasteiger partial charge in [0.05, 0.1) is 9.40 Å². The van der Waals surface area contributed by atoms with Crippen LogP contribution in [0.15, 0.2) is 22.7 Å². The molecule has 0 aliphatic carbocycles. The zero-order valence-corrected chi connectivity index (χ0v) is 9.06. The standard InChI is InChI=1S/C8H7BrN2O4/c9-6-3-5(11(13)14)1-2-7(6)15-4-8(10)12/h1-3H,4H2,(H2,10,12). The van der Waals surface area contributed by atoms with Gasteiger partial charge in [0.2, 0.25) is 0 Å². The Bertz CT molecular complexity index is 408. The lowest BCUT2D eigenvalue weighted by Crippen LogP contribution is -2.20. The third-order valence-electron chi connectivity index (χ3n) is 1.50. The van der Waals surface area contributed by atoms with E-state index in [0.29, 0.717) is 10.2 Å². The van der Waals surface area contributed by atoms with Gasteiger partial charge in [-0.15, -0.1) is 0 Å². The first-order valence-corrected chi connectivity index (χ1v) is 4.65. The summed E-state index contributed by atoms with van der Waals surface area (Å²) in [5.41, 5.74) is 4.82. The average Bonchev–Trinajstić information content (AvgIpc) is 2.15. The van der Waals surface area contributed by atoms with Crippen molar-refractivity contribution in [3.05, 3.63) is 32.8 Å². The number of carbonyl (C=O) groups excluding carboxylic acids is 1. The predicted molar refractivity (Wildman–Crippen MR) is 55.5 cm³/mol. The summed E-state index contributed by atoms with van der Waals surface area (Å²) in [6, 6.07) is 3.96. The summed E-state index contributed by atoms with van der Waals surface area (Å²) in [5.74, 6) is -0.278. The quantitative estimate of drug-likeness (QED) is 0.660. The van der Waals surface area contributed by atoms with Crippen LogP contribution in [-0.4, -0.2) is 17.4 Å². The largest absolute Gasteiger partial charge is 0.483 e. The van der Waals surface area contributed by atoms with E-state index in [1.165, 1.54) is 18.2 Å². The maximum atomic E-state index is 10.4. The van der Waals surface area contributed by atoms with Gasteiger partial charge < -0.3 is 10.5 Å². The van der Waals surface area contributed by atoms with E-state index in [1.54, 1.807) is 0 Å². The maximum absolute atomic E-state index is 10.4. The van der Waals surface area contributed by atoms with Crippen molar-refractivity contribution in [2.45, 2.75) is 0 Å². The number of benzene rings is 1. The smallest absolute Gasteiger partial charge is 0.270 e. The van der Waals surface area contributed by atoms with E-state index in [1.807, 2.05) is 0 Å². The third-order valence-corrected chi connectivity index (χ3v) is 2.12. The normalized spacial score (nSPS) is 9.67. The highest BCUT2D eigenvalue weighted by Crippen LogP contribution is 2.28. The molecule has 0 radical (unpaired) electrons. The number of carbonyl (C=O) groups is 1. The Morgan fingerprint density at radius 3 is 2.73 bits per heavy atom. The van der Waals surface area contributed by atoms with Crippen molar-refractivity contribution < 1.29 is 14.5 Å². The van der Waals surface area contributed by atoms with Gasteiger partial charge in [-0.25, -0.2) is 0 Å². The summed E-state index contributed by atoms with van der Waals surface area (Å²) >= 11 is 3.08. The Balaban J connectivity index is 2.83. The van der Waals surface area contributed by atoms with Gasteiger partial charge in [0.15, 0.2) is 6.61 Å². The molecule has 2 N–H and O–H groups in total. The fraction of sp³-hybridized carbons (Fsp3) is 0.125.